The largest absolute Gasteiger partial charge is 0.368 e. The van der Waals surface area contributed by atoms with Crippen LogP contribution in [0.3, 0.4) is 0 Å². The molecule has 0 spiro atoms. The monoisotopic (exact) mass is 150 g/mol. The van der Waals surface area contributed by atoms with Crippen LogP contribution >= 0.6 is 0 Å². The number of allylic oxidation sites excluding steroid dienone is 1. The standard InChI is InChI=1S/C10H14O/c1-3-4-5-6-7-9(2)10-8-11-10/h7,10H,5-6,8H2,1-2H3. The Morgan fingerprint density at radius 2 is 2.45 bits per heavy atom. The Morgan fingerprint density at radius 3 is 3.00 bits per heavy atom. The summed E-state index contributed by atoms with van der Waals surface area (Å²) in [4.78, 5) is 0. The van der Waals surface area contributed by atoms with Crippen LogP contribution in [0.4, 0.5) is 0 Å². The number of ether oxygens (including phenoxy) is 1. The lowest BCUT2D eigenvalue weighted by molar-refractivity contribution is 0.431. The van der Waals surface area contributed by atoms with Gasteiger partial charge in [0.1, 0.15) is 6.10 Å². The van der Waals surface area contributed by atoms with Gasteiger partial charge in [0.15, 0.2) is 0 Å². The summed E-state index contributed by atoms with van der Waals surface area (Å²) in [6.07, 6.45) is 4.69. The molecule has 11 heavy (non-hydrogen) atoms. The van der Waals surface area contributed by atoms with Gasteiger partial charge in [0, 0.05) is 6.42 Å². The van der Waals surface area contributed by atoms with Crippen molar-refractivity contribution in [3.8, 4) is 11.8 Å². The molecular formula is C10H14O. The molecule has 1 fully saturated rings. The molecule has 0 radical (unpaired) electrons. The highest BCUT2D eigenvalue weighted by Crippen LogP contribution is 2.19. The van der Waals surface area contributed by atoms with Gasteiger partial charge in [0.25, 0.3) is 0 Å². The van der Waals surface area contributed by atoms with Gasteiger partial charge in [0.2, 0.25) is 0 Å². The summed E-state index contributed by atoms with van der Waals surface area (Å²) >= 11 is 0. The third-order valence-electron chi connectivity index (χ3n) is 1.75. The summed E-state index contributed by atoms with van der Waals surface area (Å²) in [7, 11) is 0. The van der Waals surface area contributed by atoms with Crippen LogP contribution in [0.25, 0.3) is 0 Å². The average molecular weight is 150 g/mol. The zero-order valence-corrected chi connectivity index (χ0v) is 7.18. The number of unbranched alkanes of at least 4 members (excludes halogenated alkanes) is 1. The molecule has 1 saturated heterocycles. The van der Waals surface area contributed by atoms with E-state index in [1.165, 1.54) is 5.57 Å². The molecule has 0 aliphatic carbocycles. The van der Waals surface area contributed by atoms with E-state index in [1.54, 1.807) is 0 Å². The Labute approximate surface area is 68.4 Å². The maximum atomic E-state index is 5.12. The van der Waals surface area contributed by atoms with E-state index >= 15 is 0 Å². The quantitative estimate of drug-likeness (QED) is 0.260. The first-order valence-electron chi connectivity index (χ1n) is 4.02. The smallest absolute Gasteiger partial charge is 0.102 e. The Morgan fingerprint density at radius 1 is 1.73 bits per heavy atom. The lowest BCUT2D eigenvalue weighted by Crippen LogP contribution is -1.85. The molecule has 60 valence electrons. The van der Waals surface area contributed by atoms with Crippen LogP contribution in [0.5, 0.6) is 0 Å². The van der Waals surface area contributed by atoms with Gasteiger partial charge in [-0.25, -0.2) is 0 Å². The molecule has 0 aromatic carbocycles. The van der Waals surface area contributed by atoms with Gasteiger partial charge in [-0.05, 0) is 25.8 Å². The van der Waals surface area contributed by atoms with Crippen LogP contribution < -0.4 is 0 Å². The maximum Gasteiger partial charge on any atom is 0.102 e. The van der Waals surface area contributed by atoms with E-state index in [2.05, 4.69) is 24.8 Å². The predicted octanol–water partition coefficient (Wildman–Crippen LogP) is 2.13. The Hall–Kier alpha value is -0.740. The topological polar surface area (TPSA) is 12.5 Å². The van der Waals surface area contributed by atoms with Crippen molar-refractivity contribution in [1.82, 2.24) is 0 Å². The van der Waals surface area contributed by atoms with Crippen LogP contribution in [0.2, 0.25) is 0 Å². The minimum absolute atomic E-state index is 0.435. The van der Waals surface area contributed by atoms with Gasteiger partial charge < -0.3 is 4.74 Å². The lowest BCUT2D eigenvalue weighted by Gasteiger charge is -1.91. The minimum atomic E-state index is 0.435. The summed E-state index contributed by atoms with van der Waals surface area (Å²) in [5, 5.41) is 0. The summed E-state index contributed by atoms with van der Waals surface area (Å²) < 4.78 is 5.12. The first-order chi connectivity index (χ1) is 5.34. The van der Waals surface area contributed by atoms with Crippen molar-refractivity contribution in [2.75, 3.05) is 6.61 Å². The molecule has 1 atom stereocenters. The van der Waals surface area contributed by atoms with Crippen molar-refractivity contribution in [3.63, 3.8) is 0 Å². The summed E-state index contributed by atoms with van der Waals surface area (Å²) in [6.45, 7) is 4.92. The van der Waals surface area contributed by atoms with E-state index < -0.39 is 0 Å². The molecule has 0 N–H and O–H groups in total. The highest BCUT2D eigenvalue weighted by molar-refractivity contribution is 5.11. The zero-order chi connectivity index (χ0) is 8.10. The van der Waals surface area contributed by atoms with E-state index in [1.807, 2.05) is 6.92 Å². The van der Waals surface area contributed by atoms with Gasteiger partial charge in [-0.3, -0.25) is 0 Å². The Balaban J connectivity index is 2.15. The molecule has 1 aliphatic heterocycles. The number of hydrogen-bond acceptors (Lipinski definition) is 1. The van der Waals surface area contributed by atoms with E-state index in [-0.39, 0.29) is 0 Å². The van der Waals surface area contributed by atoms with Crippen molar-refractivity contribution in [2.24, 2.45) is 0 Å². The highest BCUT2D eigenvalue weighted by atomic mass is 16.6. The van der Waals surface area contributed by atoms with Gasteiger partial charge >= 0.3 is 0 Å². The van der Waals surface area contributed by atoms with Crippen molar-refractivity contribution in [2.45, 2.75) is 32.8 Å². The summed E-state index contributed by atoms with van der Waals surface area (Å²) in [5.74, 6) is 5.90. The van der Waals surface area contributed by atoms with Crippen molar-refractivity contribution >= 4 is 0 Å². The molecule has 1 heterocycles. The van der Waals surface area contributed by atoms with Gasteiger partial charge in [0.05, 0.1) is 6.61 Å². The van der Waals surface area contributed by atoms with Gasteiger partial charge in [-0.1, -0.05) is 6.08 Å². The number of hydrogen-bond donors (Lipinski definition) is 0. The fourth-order valence-electron chi connectivity index (χ4n) is 0.939. The normalized spacial score (nSPS) is 22.4. The first-order valence-corrected chi connectivity index (χ1v) is 4.02. The van der Waals surface area contributed by atoms with Crippen LogP contribution in [0.1, 0.15) is 26.7 Å². The molecule has 1 aliphatic rings. The van der Waals surface area contributed by atoms with E-state index in [9.17, 15) is 0 Å². The highest BCUT2D eigenvalue weighted by Gasteiger charge is 2.23. The van der Waals surface area contributed by atoms with Gasteiger partial charge in [-0.15, -0.1) is 11.8 Å². The molecule has 1 unspecified atom stereocenters. The fraction of sp³-hybridized carbons (Fsp3) is 0.600. The predicted molar refractivity (Wildman–Crippen MR) is 46.2 cm³/mol. The van der Waals surface area contributed by atoms with Crippen LogP contribution in [0.15, 0.2) is 11.6 Å². The Bertz CT molecular complexity index is 201. The molecule has 0 saturated carbocycles. The molecule has 1 heteroatoms. The fourth-order valence-corrected chi connectivity index (χ4v) is 0.939. The SMILES string of the molecule is CC#CCCC=C(C)C1CO1. The molecule has 1 nitrogen and oxygen atoms in total. The zero-order valence-electron chi connectivity index (χ0n) is 7.18. The molecule has 1 rings (SSSR count). The van der Waals surface area contributed by atoms with Crippen molar-refractivity contribution in [1.29, 1.82) is 0 Å². The second-order valence-corrected chi connectivity index (χ2v) is 2.74. The van der Waals surface area contributed by atoms with E-state index in [0.29, 0.717) is 6.10 Å². The second kappa shape index (κ2) is 4.20. The summed E-state index contributed by atoms with van der Waals surface area (Å²) in [6, 6.07) is 0. The Kier molecular flexibility index (Phi) is 3.19. The van der Waals surface area contributed by atoms with E-state index in [4.69, 9.17) is 4.74 Å². The molecule has 0 aromatic heterocycles. The lowest BCUT2D eigenvalue weighted by atomic mass is 10.2. The van der Waals surface area contributed by atoms with Crippen molar-refractivity contribution in [3.05, 3.63) is 11.6 Å². The van der Waals surface area contributed by atoms with Crippen molar-refractivity contribution < 1.29 is 4.74 Å². The molecule has 0 amide bonds. The third-order valence-corrected chi connectivity index (χ3v) is 1.75. The second-order valence-electron chi connectivity index (χ2n) is 2.74. The number of rotatable bonds is 3. The first kappa shape index (κ1) is 8.36. The average Bonchev–Trinajstić information content (AvgIpc) is 2.79. The maximum absolute atomic E-state index is 5.12. The van der Waals surface area contributed by atoms with Crippen LogP contribution in [-0.4, -0.2) is 12.7 Å². The minimum Gasteiger partial charge on any atom is -0.368 e. The molecular weight excluding hydrogens is 136 g/mol. The summed E-state index contributed by atoms with van der Waals surface area (Å²) in [5.41, 5.74) is 1.36. The molecule has 0 aromatic rings. The van der Waals surface area contributed by atoms with Gasteiger partial charge in [-0.2, -0.15) is 0 Å². The van der Waals surface area contributed by atoms with E-state index in [0.717, 1.165) is 19.4 Å². The van der Waals surface area contributed by atoms with Crippen LogP contribution in [-0.2, 0) is 4.74 Å². The number of epoxide rings is 1. The molecule has 0 bridgehead atoms. The van der Waals surface area contributed by atoms with Crippen LogP contribution in [0, 0.1) is 11.8 Å². The third kappa shape index (κ3) is 3.25.